The average Bonchev–Trinajstić information content (AvgIpc) is 3.08. The van der Waals surface area contributed by atoms with Gasteiger partial charge in [0.05, 0.1) is 10.6 Å². The Morgan fingerprint density at radius 1 is 1.27 bits per heavy atom. The fraction of sp³-hybridized carbons (Fsp3) is 0.111. The number of halogens is 1. The van der Waals surface area contributed by atoms with Gasteiger partial charge in [0.15, 0.2) is 0 Å². The number of carbonyl (C=O) groups is 1. The SMILES string of the molecule is Cc1cccc(C(=O)OCc2csc(-c3ccc(F)cc3)n2)c1[N+](=O)[O-]. The van der Waals surface area contributed by atoms with E-state index in [9.17, 15) is 19.3 Å². The Bertz CT molecular complexity index is 970. The maximum Gasteiger partial charge on any atom is 0.345 e. The molecule has 0 N–H and O–H groups in total. The van der Waals surface area contributed by atoms with Crippen LogP contribution in [0.4, 0.5) is 10.1 Å². The van der Waals surface area contributed by atoms with Gasteiger partial charge in [-0.1, -0.05) is 12.1 Å². The first-order chi connectivity index (χ1) is 12.5. The maximum atomic E-state index is 13.0. The second-order valence-corrected chi connectivity index (χ2v) is 6.31. The number of hydrogen-bond donors (Lipinski definition) is 0. The van der Waals surface area contributed by atoms with Crippen molar-refractivity contribution >= 4 is 23.0 Å². The zero-order valence-electron chi connectivity index (χ0n) is 13.6. The minimum atomic E-state index is -0.781. The van der Waals surface area contributed by atoms with Crippen molar-refractivity contribution in [3.8, 4) is 10.6 Å². The van der Waals surface area contributed by atoms with Crippen molar-refractivity contribution in [1.29, 1.82) is 0 Å². The van der Waals surface area contributed by atoms with E-state index in [0.717, 1.165) is 5.56 Å². The highest BCUT2D eigenvalue weighted by atomic mass is 32.1. The number of para-hydroxylation sites is 1. The fourth-order valence-corrected chi connectivity index (χ4v) is 3.19. The number of nitro benzene ring substituents is 1. The molecule has 0 aliphatic carbocycles. The number of nitro groups is 1. The molecule has 0 unspecified atom stereocenters. The Labute approximate surface area is 152 Å². The van der Waals surface area contributed by atoms with Gasteiger partial charge >= 0.3 is 5.97 Å². The first-order valence-electron chi connectivity index (χ1n) is 7.57. The number of nitrogens with zero attached hydrogens (tertiary/aromatic N) is 2. The summed E-state index contributed by atoms with van der Waals surface area (Å²) in [5, 5.41) is 13.5. The van der Waals surface area contributed by atoms with Gasteiger partial charge in [-0.3, -0.25) is 10.1 Å². The van der Waals surface area contributed by atoms with E-state index in [4.69, 9.17) is 4.74 Å². The topological polar surface area (TPSA) is 82.3 Å². The molecule has 0 aliphatic rings. The van der Waals surface area contributed by atoms with Crippen LogP contribution in [0.1, 0.15) is 21.6 Å². The lowest BCUT2D eigenvalue weighted by atomic mass is 10.1. The Hall–Kier alpha value is -3.13. The molecule has 3 rings (SSSR count). The molecule has 0 spiro atoms. The number of hydrogen-bond acceptors (Lipinski definition) is 6. The number of ether oxygens (including phenoxy) is 1. The minimum absolute atomic E-state index is 0.0935. The molecule has 0 fully saturated rings. The van der Waals surface area contributed by atoms with Crippen molar-refractivity contribution in [1.82, 2.24) is 4.98 Å². The highest BCUT2D eigenvalue weighted by Crippen LogP contribution is 2.26. The third kappa shape index (κ3) is 3.75. The quantitative estimate of drug-likeness (QED) is 0.373. The molecule has 1 heterocycles. The maximum absolute atomic E-state index is 13.0. The van der Waals surface area contributed by atoms with Crippen LogP contribution >= 0.6 is 11.3 Å². The summed E-state index contributed by atoms with van der Waals surface area (Å²) in [4.78, 5) is 27.1. The van der Waals surface area contributed by atoms with Crippen molar-refractivity contribution in [2.75, 3.05) is 0 Å². The summed E-state index contributed by atoms with van der Waals surface area (Å²) in [5.41, 5.74) is 1.30. The van der Waals surface area contributed by atoms with Gasteiger partial charge in [-0.15, -0.1) is 11.3 Å². The first kappa shape index (κ1) is 17.7. The molecule has 2 aromatic carbocycles. The van der Waals surface area contributed by atoms with Crippen LogP contribution in [0.3, 0.4) is 0 Å². The number of benzene rings is 2. The molecule has 0 aliphatic heterocycles. The minimum Gasteiger partial charge on any atom is -0.455 e. The molecule has 1 aromatic heterocycles. The van der Waals surface area contributed by atoms with Gasteiger partial charge in [-0.25, -0.2) is 14.2 Å². The number of thiazole rings is 1. The van der Waals surface area contributed by atoms with Crippen LogP contribution < -0.4 is 0 Å². The summed E-state index contributed by atoms with van der Waals surface area (Å²) in [6.45, 7) is 1.45. The molecule has 26 heavy (non-hydrogen) atoms. The van der Waals surface area contributed by atoms with E-state index in [1.807, 2.05) is 0 Å². The number of aromatic nitrogens is 1. The second-order valence-electron chi connectivity index (χ2n) is 5.46. The number of carbonyl (C=O) groups excluding carboxylic acids is 1. The van der Waals surface area contributed by atoms with Crippen LogP contribution in [-0.4, -0.2) is 15.9 Å². The molecule has 0 radical (unpaired) electrons. The van der Waals surface area contributed by atoms with Crippen LogP contribution in [0.2, 0.25) is 0 Å². The summed E-state index contributed by atoms with van der Waals surface area (Å²) < 4.78 is 18.1. The number of esters is 1. The molecule has 0 amide bonds. The molecule has 0 bridgehead atoms. The number of rotatable bonds is 5. The number of aryl methyl sites for hydroxylation is 1. The van der Waals surface area contributed by atoms with Crippen molar-refractivity contribution in [3.05, 3.63) is 80.6 Å². The van der Waals surface area contributed by atoms with Gasteiger partial charge in [-0.05, 0) is 37.3 Å². The first-order valence-corrected chi connectivity index (χ1v) is 8.45. The molecular formula is C18H13FN2O4S. The van der Waals surface area contributed by atoms with Gasteiger partial charge in [0.25, 0.3) is 5.69 Å². The Morgan fingerprint density at radius 2 is 2.00 bits per heavy atom. The summed E-state index contributed by atoms with van der Waals surface area (Å²) >= 11 is 1.33. The molecule has 8 heteroatoms. The van der Waals surface area contributed by atoms with Gasteiger partial charge < -0.3 is 4.74 Å². The van der Waals surface area contributed by atoms with Crippen LogP contribution in [0, 0.1) is 22.9 Å². The molecule has 0 atom stereocenters. The normalized spacial score (nSPS) is 10.5. The smallest absolute Gasteiger partial charge is 0.345 e. The van der Waals surface area contributed by atoms with Crippen LogP contribution in [0.5, 0.6) is 0 Å². The van der Waals surface area contributed by atoms with E-state index in [2.05, 4.69) is 4.98 Å². The summed E-state index contributed by atoms with van der Waals surface area (Å²) in [7, 11) is 0. The zero-order valence-corrected chi connectivity index (χ0v) is 14.5. The van der Waals surface area contributed by atoms with Crippen molar-refractivity contribution < 1.29 is 18.8 Å². The Morgan fingerprint density at radius 3 is 2.69 bits per heavy atom. The lowest BCUT2D eigenvalue weighted by molar-refractivity contribution is -0.385. The molecular weight excluding hydrogens is 359 g/mol. The van der Waals surface area contributed by atoms with E-state index in [0.29, 0.717) is 16.3 Å². The lowest BCUT2D eigenvalue weighted by Crippen LogP contribution is -2.09. The van der Waals surface area contributed by atoms with E-state index in [1.165, 1.54) is 29.5 Å². The van der Waals surface area contributed by atoms with E-state index in [1.54, 1.807) is 36.6 Å². The molecule has 132 valence electrons. The molecule has 3 aromatic rings. The Balaban J connectivity index is 1.72. The standard InChI is InChI=1S/C18H13FN2O4S/c1-11-3-2-4-15(16(11)21(23)24)18(22)25-9-14-10-26-17(20-14)12-5-7-13(19)8-6-12/h2-8,10H,9H2,1H3. The summed E-state index contributed by atoms with van der Waals surface area (Å²) in [6.07, 6.45) is 0. The highest BCUT2D eigenvalue weighted by molar-refractivity contribution is 7.13. The summed E-state index contributed by atoms with van der Waals surface area (Å²) in [5.74, 6) is -1.11. The third-order valence-electron chi connectivity index (χ3n) is 3.63. The zero-order chi connectivity index (χ0) is 18.7. The monoisotopic (exact) mass is 372 g/mol. The van der Waals surface area contributed by atoms with Crippen molar-refractivity contribution in [2.45, 2.75) is 13.5 Å². The predicted octanol–water partition coefficient (Wildman–Crippen LogP) is 4.52. The van der Waals surface area contributed by atoms with E-state index < -0.39 is 10.9 Å². The van der Waals surface area contributed by atoms with Gasteiger partial charge in [-0.2, -0.15) is 0 Å². The highest BCUT2D eigenvalue weighted by Gasteiger charge is 2.23. The third-order valence-corrected chi connectivity index (χ3v) is 4.57. The van der Waals surface area contributed by atoms with Crippen molar-refractivity contribution in [3.63, 3.8) is 0 Å². The average molecular weight is 372 g/mol. The van der Waals surface area contributed by atoms with Gasteiger partial charge in [0.2, 0.25) is 0 Å². The largest absolute Gasteiger partial charge is 0.455 e. The van der Waals surface area contributed by atoms with Gasteiger partial charge in [0, 0.05) is 16.5 Å². The van der Waals surface area contributed by atoms with Crippen LogP contribution in [-0.2, 0) is 11.3 Å². The van der Waals surface area contributed by atoms with Gasteiger partial charge in [0.1, 0.15) is 23.0 Å². The van der Waals surface area contributed by atoms with E-state index >= 15 is 0 Å². The lowest BCUT2D eigenvalue weighted by Gasteiger charge is -2.05. The predicted molar refractivity (Wildman–Crippen MR) is 94.5 cm³/mol. The summed E-state index contributed by atoms with van der Waals surface area (Å²) in [6, 6.07) is 10.4. The Kier molecular flexibility index (Phi) is 5.04. The second kappa shape index (κ2) is 7.40. The van der Waals surface area contributed by atoms with Crippen molar-refractivity contribution in [2.24, 2.45) is 0 Å². The molecule has 0 saturated heterocycles. The van der Waals surface area contributed by atoms with Crippen LogP contribution in [0.15, 0.2) is 47.8 Å². The van der Waals surface area contributed by atoms with E-state index in [-0.39, 0.29) is 23.7 Å². The molecule has 6 nitrogen and oxygen atoms in total. The fourth-order valence-electron chi connectivity index (χ4n) is 2.38. The molecule has 0 saturated carbocycles. The van der Waals surface area contributed by atoms with Crippen LogP contribution in [0.25, 0.3) is 10.6 Å².